The highest BCUT2D eigenvalue weighted by Gasteiger charge is 2.39. The number of likely N-dealkylation sites (tertiary alicyclic amines) is 1. The summed E-state index contributed by atoms with van der Waals surface area (Å²) >= 11 is 0. The number of hydrogen-bond donors (Lipinski definition) is 3. The predicted molar refractivity (Wildman–Crippen MR) is 148 cm³/mol. The Hall–Kier alpha value is -3.94. The Morgan fingerprint density at radius 2 is 1.68 bits per heavy atom. The van der Waals surface area contributed by atoms with Crippen LogP contribution in [0.15, 0.2) is 54.6 Å². The quantitative estimate of drug-likeness (QED) is 0.282. The summed E-state index contributed by atoms with van der Waals surface area (Å²) in [6, 6.07) is 16.3. The number of hydroxylamine groups is 1. The molecule has 2 amide bonds. The average Bonchev–Trinajstić information content (AvgIpc) is 3.33. The molecule has 41 heavy (non-hydrogen) atoms. The average molecular weight is 585 g/mol. The molecule has 1 saturated heterocycles. The molecule has 2 aromatic carbocycles. The largest absolute Gasteiger partial charge is 0.464 e. The molecule has 0 aliphatic carbocycles. The lowest BCUT2D eigenvalue weighted by atomic mass is 9.85. The number of carbonyl (C=O) groups is 3. The van der Waals surface area contributed by atoms with E-state index in [0.717, 1.165) is 21.1 Å². The molecule has 1 aromatic heterocycles. The van der Waals surface area contributed by atoms with Crippen molar-refractivity contribution in [3.63, 3.8) is 0 Å². The topological polar surface area (TPSA) is 158 Å². The number of fused-ring (bicyclic) bond motifs is 3. The maximum atomic E-state index is 13.6. The molecule has 2 aliphatic heterocycles. The van der Waals surface area contributed by atoms with Gasteiger partial charge < -0.3 is 14.7 Å². The Morgan fingerprint density at radius 3 is 2.37 bits per heavy atom. The molecule has 2 aliphatic rings. The third-order valence-corrected chi connectivity index (χ3v) is 9.90. The van der Waals surface area contributed by atoms with Gasteiger partial charge in [0.15, 0.2) is 0 Å². The van der Waals surface area contributed by atoms with Gasteiger partial charge in [-0.2, -0.15) is 4.31 Å². The van der Waals surface area contributed by atoms with E-state index in [1.807, 2.05) is 42.5 Å². The Bertz CT molecular complexity index is 1550. The van der Waals surface area contributed by atoms with E-state index in [1.54, 1.807) is 17.6 Å². The predicted octanol–water partition coefficient (Wildman–Crippen LogP) is 3.03. The number of ether oxygens (including phenoxy) is 1. The lowest BCUT2D eigenvalue weighted by Crippen LogP contribution is -2.47. The maximum Gasteiger partial charge on any atom is 0.416 e. The summed E-state index contributed by atoms with van der Waals surface area (Å²) in [6.45, 7) is 0.685. The van der Waals surface area contributed by atoms with Crippen molar-refractivity contribution < 1.29 is 37.9 Å². The van der Waals surface area contributed by atoms with Crippen LogP contribution in [0.5, 0.6) is 0 Å². The molecule has 12 nitrogen and oxygen atoms in total. The van der Waals surface area contributed by atoms with Gasteiger partial charge in [0.25, 0.3) is 0 Å². The zero-order valence-corrected chi connectivity index (χ0v) is 23.1. The molecule has 218 valence electrons. The lowest BCUT2D eigenvalue weighted by molar-refractivity contribution is -0.134. The van der Waals surface area contributed by atoms with Crippen LogP contribution in [0.25, 0.3) is 10.9 Å². The van der Waals surface area contributed by atoms with E-state index in [2.05, 4.69) is 0 Å². The van der Waals surface area contributed by atoms with Gasteiger partial charge in [-0.15, -0.1) is 0 Å². The van der Waals surface area contributed by atoms with E-state index in [9.17, 15) is 33.1 Å². The Morgan fingerprint density at radius 1 is 1.00 bits per heavy atom. The number of carboxylic acid groups (broad SMARTS) is 1. The second-order valence-corrected chi connectivity index (χ2v) is 12.4. The van der Waals surface area contributed by atoms with Gasteiger partial charge in [-0.25, -0.2) is 28.1 Å². The molecule has 3 heterocycles. The zero-order valence-electron chi connectivity index (χ0n) is 22.3. The lowest BCUT2D eigenvalue weighted by Gasteiger charge is -2.35. The van der Waals surface area contributed by atoms with Crippen molar-refractivity contribution in [1.82, 2.24) is 19.3 Å². The van der Waals surface area contributed by atoms with Crippen molar-refractivity contribution in [2.45, 2.75) is 32.4 Å². The molecule has 1 unspecified atom stereocenters. The maximum absolute atomic E-state index is 13.6. The number of hydrogen-bond acceptors (Lipinski definition) is 7. The van der Waals surface area contributed by atoms with Crippen LogP contribution in [0, 0.1) is 11.8 Å². The van der Waals surface area contributed by atoms with Gasteiger partial charge in [0.05, 0.1) is 23.7 Å². The summed E-state index contributed by atoms with van der Waals surface area (Å²) in [5.74, 6) is -2.82. The van der Waals surface area contributed by atoms with E-state index in [1.165, 1.54) is 9.21 Å². The zero-order chi connectivity index (χ0) is 29.1. The third-order valence-electron chi connectivity index (χ3n) is 8.02. The van der Waals surface area contributed by atoms with Crippen LogP contribution in [0.4, 0.5) is 9.59 Å². The van der Waals surface area contributed by atoms with Crippen molar-refractivity contribution in [1.29, 1.82) is 0 Å². The molecular formula is C28H32N4O8S. The fourth-order valence-corrected chi connectivity index (χ4v) is 7.66. The number of rotatable bonds is 7. The van der Waals surface area contributed by atoms with E-state index >= 15 is 0 Å². The first-order valence-corrected chi connectivity index (χ1v) is 15.0. The minimum Gasteiger partial charge on any atom is -0.464 e. The second-order valence-electron chi connectivity index (χ2n) is 10.4. The van der Waals surface area contributed by atoms with Crippen LogP contribution < -0.4 is 5.48 Å². The van der Waals surface area contributed by atoms with Crippen molar-refractivity contribution in [3.8, 4) is 0 Å². The number of nitrogens with one attached hydrogen (secondary N) is 1. The smallest absolute Gasteiger partial charge is 0.416 e. The molecule has 3 aromatic rings. The summed E-state index contributed by atoms with van der Waals surface area (Å²) in [4.78, 5) is 38.8. The number of benzene rings is 2. The summed E-state index contributed by atoms with van der Waals surface area (Å²) in [5, 5.41) is 20.0. The van der Waals surface area contributed by atoms with Gasteiger partial charge in [-0.3, -0.25) is 10.0 Å². The van der Waals surface area contributed by atoms with E-state index in [4.69, 9.17) is 4.74 Å². The molecule has 5 rings (SSSR count). The van der Waals surface area contributed by atoms with Crippen molar-refractivity contribution >= 4 is 39.0 Å². The molecule has 0 spiro atoms. The van der Waals surface area contributed by atoms with Crippen molar-refractivity contribution in [2.75, 3.05) is 25.4 Å². The number of carbonyl (C=O) groups excluding carboxylic acids is 2. The fraction of sp³-hybridized carbons (Fsp3) is 0.393. The number of para-hydroxylation sites is 1. The first-order valence-electron chi connectivity index (χ1n) is 13.4. The second kappa shape index (κ2) is 11.9. The number of nitrogens with zero attached hydrogens (tertiary/aromatic N) is 3. The van der Waals surface area contributed by atoms with E-state index < -0.39 is 45.7 Å². The molecular weight excluding hydrogens is 552 g/mol. The van der Waals surface area contributed by atoms with Gasteiger partial charge >= 0.3 is 12.2 Å². The first-order chi connectivity index (χ1) is 19.7. The molecule has 13 heteroatoms. The normalized spacial score (nSPS) is 17.1. The Balaban J connectivity index is 1.26. The number of sulfonamides is 1. The summed E-state index contributed by atoms with van der Waals surface area (Å²) < 4.78 is 34.9. The molecule has 0 radical (unpaired) electrons. The Kier molecular flexibility index (Phi) is 8.29. The standard InChI is InChI=1S/C28H32N4O8S/c33-26(29-37)23(20-10-13-30(14-11-20)28(36)40-17-19-6-2-1-3-7-19)18-41(38,39)31-15-12-22-21-8-4-5-9-24(21)32(27(34)35)25(22)16-31/h1-9,20,23,37H,10-18H2,(H,29,33)(H,34,35). The van der Waals surface area contributed by atoms with Crippen LogP contribution in [0.3, 0.4) is 0 Å². The van der Waals surface area contributed by atoms with Crippen LogP contribution >= 0.6 is 0 Å². The van der Waals surface area contributed by atoms with Crippen molar-refractivity contribution in [3.05, 3.63) is 71.4 Å². The van der Waals surface area contributed by atoms with Gasteiger partial charge in [-0.1, -0.05) is 48.5 Å². The highest BCUT2D eigenvalue weighted by molar-refractivity contribution is 7.89. The van der Waals surface area contributed by atoms with Crippen LogP contribution in [-0.2, 0) is 39.1 Å². The van der Waals surface area contributed by atoms with Gasteiger partial charge in [0, 0.05) is 30.7 Å². The van der Waals surface area contributed by atoms with E-state index in [0.29, 0.717) is 30.5 Å². The van der Waals surface area contributed by atoms with Crippen LogP contribution in [-0.4, -0.2) is 76.0 Å². The van der Waals surface area contributed by atoms with Crippen molar-refractivity contribution in [2.24, 2.45) is 11.8 Å². The Labute approximate surface area is 237 Å². The SMILES string of the molecule is O=C(NO)C(CS(=O)(=O)N1CCc2c(n(C(=O)O)c3ccccc23)C1)C1CCN(C(=O)OCc2ccccc2)CC1. The molecule has 3 N–H and O–H groups in total. The summed E-state index contributed by atoms with van der Waals surface area (Å²) in [6.07, 6.45) is -0.652. The van der Waals surface area contributed by atoms with Crippen LogP contribution in [0.2, 0.25) is 0 Å². The number of amides is 2. The van der Waals surface area contributed by atoms with Gasteiger partial charge in [0.2, 0.25) is 15.9 Å². The highest BCUT2D eigenvalue weighted by Crippen LogP contribution is 2.33. The monoisotopic (exact) mass is 584 g/mol. The molecule has 1 fully saturated rings. The van der Waals surface area contributed by atoms with Gasteiger partial charge in [-0.05, 0) is 42.4 Å². The molecule has 0 bridgehead atoms. The highest BCUT2D eigenvalue weighted by atomic mass is 32.2. The van der Waals surface area contributed by atoms with Gasteiger partial charge in [0.1, 0.15) is 6.61 Å². The van der Waals surface area contributed by atoms with E-state index in [-0.39, 0.29) is 32.8 Å². The number of aromatic nitrogens is 1. The fourth-order valence-electron chi connectivity index (χ4n) is 5.88. The summed E-state index contributed by atoms with van der Waals surface area (Å²) in [5.41, 5.74) is 4.15. The third kappa shape index (κ3) is 5.92. The number of piperidine rings is 1. The first kappa shape index (κ1) is 28.6. The summed E-state index contributed by atoms with van der Waals surface area (Å²) in [7, 11) is -4.03. The minimum absolute atomic E-state index is 0.131. The minimum atomic E-state index is -4.03. The van der Waals surface area contributed by atoms with Crippen LogP contribution in [0.1, 0.15) is 29.7 Å². The molecule has 0 saturated carbocycles. The molecule has 1 atom stereocenters.